The number of hydrogen-bond donors (Lipinski definition) is 1. The summed E-state index contributed by atoms with van der Waals surface area (Å²) in [4.78, 5) is 38.0. The van der Waals surface area contributed by atoms with E-state index in [0.717, 1.165) is 4.68 Å². The Labute approximate surface area is 159 Å². The molecule has 1 N–H and O–H groups in total. The predicted molar refractivity (Wildman–Crippen MR) is 102 cm³/mol. The summed E-state index contributed by atoms with van der Waals surface area (Å²) in [6, 6.07) is 13.5. The van der Waals surface area contributed by atoms with Gasteiger partial charge in [-0.1, -0.05) is 41.1 Å². The van der Waals surface area contributed by atoms with Crippen molar-refractivity contribution in [3.63, 3.8) is 0 Å². The van der Waals surface area contributed by atoms with E-state index in [1.165, 1.54) is 11.9 Å². The summed E-state index contributed by atoms with van der Waals surface area (Å²) < 4.78 is 0.979. The van der Waals surface area contributed by atoms with Gasteiger partial charge in [-0.3, -0.25) is 14.4 Å². The standard InChI is InChI=1S/C18H16ClN5O3/c1-23(10-16(25)20-15-9-5-3-7-13(15)19)17(26)11-24-18(27)12-6-2-4-8-14(12)21-22-24/h2-9H,10-11H2,1H3,(H,20,25). The Bertz CT molecular complexity index is 1070. The van der Waals surface area contributed by atoms with E-state index in [9.17, 15) is 14.4 Å². The summed E-state index contributed by atoms with van der Waals surface area (Å²) in [6.07, 6.45) is 0. The molecule has 0 spiro atoms. The van der Waals surface area contributed by atoms with Gasteiger partial charge in [-0.05, 0) is 24.3 Å². The van der Waals surface area contributed by atoms with Crippen LogP contribution in [0.25, 0.3) is 10.9 Å². The van der Waals surface area contributed by atoms with E-state index in [1.54, 1.807) is 48.5 Å². The average Bonchev–Trinajstić information content (AvgIpc) is 2.66. The highest BCUT2D eigenvalue weighted by atomic mass is 35.5. The van der Waals surface area contributed by atoms with Gasteiger partial charge in [-0.2, -0.15) is 0 Å². The summed E-state index contributed by atoms with van der Waals surface area (Å²) in [5.74, 6) is -0.855. The Morgan fingerprint density at radius 2 is 1.85 bits per heavy atom. The summed E-state index contributed by atoms with van der Waals surface area (Å²) in [5.41, 5.74) is 0.503. The molecule has 27 heavy (non-hydrogen) atoms. The third-order valence-corrected chi connectivity index (χ3v) is 4.20. The van der Waals surface area contributed by atoms with Crippen LogP contribution in [0.3, 0.4) is 0 Å². The number of para-hydroxylation sites is 1. The third-order valence-electron chi connectivity index (χ3n) is 3.87. The van der Waals surface area contributed by atoms with E-state index in [2.05, 4.69) is 15.6 Å². The van der Waals surface area contributed by atoms with Crippen molar-refractivity contribution < 1.29 is 9.59 Å². The zero-order chi connectivity index (χ0) is 19.4. The van der Waals surface area contributed by atoms with Crippen molar-refractivity contribution in [2.45, 2.75) is 6.54 Å². The van der Waals surface area contributed by atoms with Gasteiger partial charge in [0.05, 0.1) is 22.6 Å². The molecule has 0 saturated heterocycles. The van der Waals surface area contributed by atoms with Gasteiger partial charge < -0.3 is 10.2 Å². The quantitative estimate of drug-likeness (QED) is 0.718. The van der Waals surface area contributed by atoms with Crippen LogP contribution in [0.2, 0.25) is 5.02 Å². The highest BCUT2D eigenvalue weighted by Gasteiger charge is 2.16. The number of carbonyl (C=O) groups excluding carboxylic acids is 2. The Morgan fingerprint density at radius 1 is 1.15 bits per heavy atom. The second-order valence-corrected chi connectivity index (χ2v) is 6.25. The molecule has 0 aliphatic heterocycles. The zero-order valence-corrected chi connectivity index (χ0v) is 15.2. The maximum absolute atomic E-state index is 12.4. The number of hydrogen-bond acceptors (Lipinski definition) is 5. The van der Waals surface area contributed by atoms with E-state index in [1.807, 2.05) is 0 Å². The van der Waals surface area contributed by atoms with Gasteiger partial charge in [0.2, 0.25) is 11.8 Å². The second kappa shape index (κ2) is 7.96. The molecule has 9 heteroatoms. The van der Waals surface area contributed by atoms with E-state index in [0.29, 0.717) is 21.6 Å². The Morgan fingerprint density at radius 3 is 2.63 bits per heavy atom. The maximum atomic E-state index is 12.4. The number of nitrogens with zero attached hydrogens (tertiary/aromatic N) is 4. The molecule has 0 unspecified atom stereocenters. The van der Waals surface area contributed by atoms with Gasteiger partial charge >= 0.3 is 0 Å². The van der Waals surface area contributed by atoms with Crippen LogP contribution in [0, 0.1) is 0 Å². The van der Waals surface area contributed by atoms with Crippen LogP contribution >= 0.6 is 11.6 Å². The minimum atomic E-state index is -0.448. The first-order chi connectivity index (χ1) is 13.0. The van der Waals surface area contributed by atoms with Crippen molar-refractivity contribution in [1.82, 2.24) is 19.9 Å². The molecule has 0 saturated carbocycles. The van der Waals surface area contributed by atoms with Crippen LogP contribution in [0.4, 0.5) is 5.69 Å². The molecule has 2 aromatic carbocycles. The summed E-state index contributed by atoms with van der Waals surface area (Å²) in [7, 11) is 1.47. The molecular weight excluding hydrogens is 370 g/mol. The fraction of sp³-hybridized carbons (Fsp3) is 0.167. The normalized spacial score (nSPS) is 10.6. The summed E-state index contributed by atoms with van der Waals surface area (Å²) >= 11 is 5.99. The maximum Gasteiger partial charge on any atom is 0.278 e. The van der Waals surface area contributed by atoms with Gasteiger partial charge in [-0.15, -0.1) is 5.10 Å². The van der Waals surface area contributed by atoms with Gasteiger partial charge in [0, 0.05) is 7.05 Å². The van der Waals surface area contributed by atoms with Crippen LogP contribution in [-0.4, -0.2) is 45.3 Å². The minimum Gasteiger partial charge on any atom is -0.335 e. The molecule has 8 nitrogen and oxygen atoms in total. The van der Waals surface area contributed by atoms with Crippen molar-refractivity contribution in [2.24, 2.45) is 0 Å². The number of rotatable bonds is 5. The largest absolute Gasteiger partial charge is 0.335 e. The summed E-state index contributed by atoms with van der Waals surface area (Å²) in [6.45, 7) is -0.508. The van der Waals surface area contributed by atoms with Gasteiger partial charge in [0.15, 0.2) is 0 Å². The highest BCUT2D eigenvalue weighted by Crippen LogP contribution is 2.20. The molecule has 1 heterocycles. The molecule has 0 aliphatic carbocycles. The lowest BCUT2D eigenvalue weighted by Gasteiger charge is -2.17. The monoisotopic (exact) mass is 385 g/mol. The Balaban J connectivity index is 1.66. The van der Waals surface area contributed by atoms with Crippen LogP contribution in [0.5, 0.6) is 0 Å². The number of amides is 2. The topological polar surface area (TPSA) is 97.2 Å². The zero-order valence-electron chi connectivity index (χ0n) is 14.4. The first kappa shape index (κ1) is 18.5. The lowest BCUT2D eigenvalue weighted by molar-refractivity contribution is -0.134. The summed E-state index contributed by atoms with van der Waals surface area (Å²) in [5, 5.41) is 11.1. The average molecular weight is 386 g/mol. The molecule has 3 rings (SSSR count). The first-order valence-electron chi connectivity index (χ1n) is 8.06. The number of carbonyl (C=O) groups is 2. The predicted octanol–water partition coefficient (Wildman–Crippen LogP) is 1.54. The minimum absolute atomic E-state index is 0.195. The molecular formula is C18H16ClN5O3. The van der Waals surface area contributed by atoms with Crippen molar-refractivity contribution in [3.8, 4) is 0 Å². The third kappa shape index (κ3) is 4.29. The number of likely N-dealkylation sites (N-methyl/N-ethyl adjacent to an activating group) is 1. The van der Waals surface area contributed by atoms with Crippen molar-refractivity contribution in [2.75, 3.05) is 18.9 Å². The molecule has 0 radical (unpaired) electrons. The van der Waals surface area contributed by atoms with E-state index in [4.69, 9.17) is 11.6 Å². The SMILES string of the molecule is CN(CC(=O)Nc1ccccc1Cl)C(=O)Cn1nnc2ccccc2c1=O. The highest BCUT2D eigenvalue weighted by molar-refractivity contribution is 6.33. The van der Waals surface area contributed by atoms with Crippen LogP contribution < -0.4 is 10.9 Å². The van der Waals surface area contributed by atoms with Crippen molar-refractivity contribution in [1.29, 1.82) is 0 Å². The Kier molecular flexibility index (Phi) is 5.46. The number of benzene rings is 2. The lowest BCUT2D eigenvalue weighted by Crippen LogP contribution is -2.39. The lowest BCUT2D eigenvalue weighted by atomic mass is 10.2. The number of fused-ring (bicyclic) bond motifs is 1. The van der Waals surface area contributed by atoms with Crippen LogP contribution in [-0.2, 0) is 16.1 Å². The van der Waals surface area contributed by atoms with Crippen molar-refractivity contribution in [3.05, 3.63) is 63.9 Å². The fourth-order valence-corrected chi connectivity index (χ4v) is 2.61. The number of aromatic nitrogens is 3. The van der Waals surface area contributed by atoms with E-state index in [-0.39, 0.29) is 13.1 Å². The van der Waals surface area contributed by atoms with Crippen molar-refractivity contribution >= 4 is 40.0 Å². The first-order valence-corrected chi connectivity index (χ1v) is 8.44. The fourth-order valence-electron chi connectivity index (χ4n) is 2.43. The molecule has 0 fully saturated rings. The Hall–Kier alpha value is -3.26. The van der Waals surface area contributed by atoms with Gasteiger partial charge in [0.1, 0.15) is 12.1 Å². The molecule has 0 atom stereocenters. The number of anilines is 1. The van der Waals surface area contributed by atoms with Crippen LogP contribution in [0.15, 0.2) is 53.3 Å². The molecule has 3 aromatic rings. The molecule has 2 amide bonds. The number of halogens is 1. The molecule has 138 valence electrons. The second-order valence-electron chi connectivity index (χ2n) is 5.85. The van der Waals surface area contributed by atoms with E-state index >= 15 is 0 Å². The van der Waals surface area contributed by atoms with Gasteiger partial charge in [0.25, 0.3) is 5.56 Å². The smallest absolute Gasteiger partial charge is 0.278 e. The number of nitrogens with one attached hydrogen (secondary N) is 1. The molecule has 0 aliphatic rings. The van der Waals surface area contributed by atoms with Gasteiger partial charge in [-0.25, -0.2) is 4.68 Å². The van der Waals surface area contributed by atoms with E-state index < -0.39 is 17.4 Å². The molecule has 0 bridgehead atoms. The van der Waals surface area contributed by atoms with Crippen LogP contribution in [0.1, 0.15) is 0 Å². The molecule has 1 aromatic heterocycles.